The maximum Gasteiger partial charge on any atom is 0.259 e. The van der Waals surface area contributed by atoms with Crippen molar-refractivity contribution in [1.82, 2.24) is 14.8 Å². The van der Waals surface area contributed by atoms with Crippen molar-refractivity contribution in [3.05, 3.63) is 87.2 Å². The van der Waals surface area contributed by atoms with Crippen LogP contribution in [0.2, 0.25) is 0 Å². The second kappa shape index (κ2) is 11.3. The van der Waals surface area contributed by atoms with E-state index in [-0.39, 0.29) is 29.6 Å². The Morgan fingerprint density at radius 1 is 1.11 bits per heavy atom. The van der Waals surface area contributed by atoms with Crippen LogP contribution >= 0.6 is 0 Å². The molecule has 8 nitrogen and oxygen atoms in total. The molecule has 36 heavy (non-hydrogen) atoms. The lowest BCUT2D eigenvalue weighted by atomic mass is 9.98. The van der Waals surface area contributed by atoms with Crippen molar-refractivity contribution in [1.29, 1.82) is 0 Å². The quantitative estimate of drug-likeness (QED) is 0.511. The predicted octanol–water partition coefficient (Wildman–Crippen LogP) is 4.14. The number of benzene rings is 1. The molecule has 1 aromatic carbocycles. The number of amides is 2. The molecule has 1 aliphatic heterocycles. The van der Waals surface area contributed by atoms with Gasteiger partial charge in [0.15, 0.2) is 0 Å². The highest BCUT2D eigenvalue weighted by Crippen LogP contribution is 2.22. The van der Waals surface area contributed by atoms with E-state index in [1.165, 1.54) is 6.20 Å². The number of hydrogen-bond acceptors (Lipinski definition) is 5. The molecule has 190 valence electrons. The van der Waals surface area contributed by atoms with Crippen LogP contribution in [0, 0.1) is 6.92 Å². The summed E-state index contributed by atoms with van der Waals surface area (Å²) in [7, 11) is 1.59. The van der Waals surface area contributed by atoms with E-state index < -0.39 is 11.3 Å². The molecule has 3 heterocycles. The van der Waals surface area contributed by atoms with Crippen molar-refractivity contribution in [3.63, 3.8) is 0 Å². The number of para-hydroxylation sites is 1. The second-order valence-corrected chi connectivity index (χ2v) is 9.15. The summed E-state index contributed by atoms with van der Waals surface area (Å²) < 4.78 is 12.7. The van der Waals surface area contributed by atoms with Crippen molar-refractivity contribution in [2.75, 3.05) is 13.7 Å². The number of likely N-dealkylation sites (tertiary alicyclic amines) is 1. The zero-order chi connectivity index (χ0) is 25.7. The van der Waals surface area contributed by atoms with E-state index in [0.717, 1.165) is 37.0 Å². The molecule has 3 aromatic rings. The van der Waals surface area contributed by atoms with Gasteiger partial charge in [0, 0.05) is 30.5 Å². The fourth-order valence-corrected chi connectivity index (χ4v) is 4.76. The van der Waals surface area contributed by atoms with E-state index in [0.29, 0.717) is 24.6 Å². The Morgan fingerprint density at radius 2 is 1.89 bits per heavy atom. The molecule has 0 saturated carbocycles. The standard InChI is InChI=1S/C28H33N3O5/c1-4-21-10-7-8-14-31(21)28(34)24-18-30(16-20-9-5-6-11-25(20)35-3)17-23(26(24)32)27(33)29-15-22-13-12-19(2)36-22/h5-6,9,11-13,17-18,21H,4,7-8,10,14-16H2,1-3H3,(H,29,33). The van der Waals surface area contributed by atoms with Crippen LogP contribution in [0.15, 0.2) is 58.0 Å². The third-order valence-corrected chi connectivity index (χ3v) is 6.68. The summed E-state index contributed by atoms with van der Waals surface area (Å²) in [5, 5.41) is 2.75. The van der Waals surface area contributed by atoms with Crippen LogP contribution in [-0.2, 0) is 13.1 Å². The summed E-state index contributed by atoms with van der Waals surface area (Å²) in [5.74, 6) is 1.13. The lowest BCUT2D eigenvalue weighted by Gasteiger charge is -2.35. The topological polar surface area (TPSA) is 93.8 Å². The first-order chi connectivity index (χ1) is 17.4. The highest BCUT2D eigenvalue weighted by Gasteiger charge is 2.29. The summed E-state index contributed by atoms with van der Waals surface area (Å²) in [6.45, 7) is 4.95. The smallest absolute Gasteiger partial charge is 0.259 e. The molecule has 1 fully saturated rings. The van der Waals surface area contributed by atoms with Gasteiger partial charge in [0.25, 0.3) is 11.8 Å². The Bertz CT molecular complexity index is 1290. The van der Waals surface area contributed by atoms with Gasteiger partial charge in [-0.3, -0.25) is 14.4 Å². The minimum absolute atomic E-state index is 0.00624. The van der Waals surface area contributed by atoms with Gasteiger partial charge in [0.05, 0.1) is 20.2 Å². The molecule has 2 amide bonds. The molecule has 1 saturated heterocycles. The van der Waals surface area contributed by atoms with Gasteiger partial charge in [-0.2, -0.15) is 0 Å². The van der Waals surface area contributed by atoms with E-state index in [1.807, 2.05) is 37.3 Å². The third-order valence-electron chi connectivity index (χ3n) is 6.68. The molecule has 1 unspecified atom stereocenters. The van der Waals surface area contributed by atoms with Crippen LogP contribution in [0.3, 0.4) is 0 Å². The number of carbonyl (C=O) groups is 2. The maximum absolute atomic E-state index is 13.6. The van der Waals surface area contributed by atoms with Crippen LogP contribution in [-0.4, -0.2) is 41.0 Å². The normalized spacial score (nSPS) is 15.5. The van der Waals surface area contributed by atoms with E-state index in [1.54, 1.807) is 28.8 Å². The van der Waals surface area contributed by atoms with E-state index in [4.69, 9.17) is 9.15 Å². The highest BCUT2D eigenvalue weighted by molar-refractivity contribution is 5.99. The van der Waals surface area contributed by atoms with Crippen molar-refractivity contribution < 1.29 is 18.7 Å². The number of aromatic nitrogens is 1. The second-order valence-electron chi connectivity index (χ2n) is 9.15. The Kier molecular flexibility index (Phi) is 7.93. The van der Waals surface area contributed by atoms with Crippen LogP contribution in [0.25, 0.3) is 0 Å². The molecule has 4 rings (SSSR count). The van der Waals surface area contributed by atoms with Crippen molar-refractivity contribution in [2.45, 2.75) is 58.7 Å². The van der Waals surface area contributed by atoms with Crippen LogP contribution in [0.5, 0.6) is 5.75 Å². The van der Waals surface area contributed by atoms with E-state index >= 15 is 0 Å². The molecular weight excluding hydrogens is 458 g/mol. The molecule has 0 spiro atoms. The van der Waals surface area contributed by atoms with Crippen molar-refractivity contribution >= 4 is 11.8 Å². The van der Waals surface area contributed by atoms with Gasteiger partial charge >= 0.3 is 0 Å². The highest BCUT2D eigenvalue weighted by atomic mass is 16.5. The molecule has 8 heteroatoms. The zero-order valence-corrected chi connectivity index (χ0v) is 21.1. The van der Waals surface area contributed by atoms with Crippen molar-refractivity contribution in [3.8, 4) is 5.75 Å². The lowest BCUT2D eigenvalue weighted by Crippen LogP contribution is -2.45. The third kappa shape index (κ3) is 5.53. The number of rotatable bonds is 8. The Balaban J connectivity index is 1.70. The first-order valence-corrected chi connectivity index (χ1v) is 12.4. The minimum atomic E-state index is -0.565. The average molecular weight is 492 g/mol. The number of aryl methyl sites for hydroxylation is 1. The SMILES string of the molecule is CCC1CCCCN1C(=O)c1cn(Cc2ccccc2OC)cc(C(=O)NCc2ccc(C)o2)c1=O. The number of furan rings is 1. The van der Waals surface area contributed by atoms with Gasteiger partial charge in [-0.1, -0.05) is 25.1 Å². The van der Waals surface area contributed by atoms with E-state index in [2.05, 4.69) is 12.2 Å². The molecule has 1 N–H and O–H groups in total. The summed E-state index contributed by atoms with van der Waals surface area (Å²) in [6.07, 6.45) is 6.77. The number of nitrogens with zero attached hydrogens (tertiary/aromatic N) is 2. The largest absolute Gasteiger partial charge is 0.496 e. The number of nitrogens with one attached hydrogen (secondary N) is 1. The number of piperidine rings is 1. The van der Waals surface area contributed by atoms with Crippen LogP contribution in [0.4, 0.5) is 0 Å². The van der Waals surface area contributed by atoms with Gasteiger partial charge in [0.2, 0.25) is 5.43 Å². The maximum atomic E-state index is 13.6. The first kappa shape index (κ1) is 25.3. The van der Waals surface area contributed by atoms with Gasteiger partial charge in [-0.25, -0.2) is 0 Å². The van der Waals surface area contributed by atoms with Crippen LogP contribution < -0.4 is 15.5 Å². The molecule has 1 atom stereocenters. The van der Waals surface area contributed by atoms with Gasteiger partial charge in [0.1, 0.15) is 28.4 Å². The summed E-state index contributed by atoms with van der Waals surface area (Å²) in [5.41, 5.74) is 0.226. The molecule has 0 radical (unpaired) electrons. The monoisotopic (exact) mass is 491 g/mol. The lowest BCUT2D eigenvalue weighted by molar-refractivity contribution is 0.0605. The number of carbonyl (C=O) groups excluding carboxylic acids is 2. The van der Waals surface area contributed by atoms with E-state index in [9.17, 15) is 14.4 Å². The fraction of sp³-hybridized carbons (Fsp3) is 0.393. The molecular formula is C28H33N3O5. The summed E-state index contributed by atoms with van der Waals surface area (Å²) in [6, 6.07) is 11.2. The molecule has 2 aromatic heterocycles. The predicted molar refractivity (Wildman–Crippen MR) is 136 cm³/mol. The summed E-state index contributed by atoms with van der Waals surface area (Å²) >= 11 is 0. The molecule has 1 aliphatic rings. The zero-order valence-electron chi connectivity index (χ0n) is 21.1. The number of ether oxygens (including phenoxy) is 1. The van der Waals surface area contributed by atoms with Crippen molar-refractivity contribution in [2.24, 2.45) is 0 Å². The fourth-order valence-electron chi connectivity index (χ4n) is 4.76. The summed E-state index contributed by atoms with van der Waals surface area (Å²) in [4.78, 5) is 42.0. The van der Waals surface area contributed by atoms with Gasteiger partial charge in [-0.15, -0.1) is 0 Å². The Labute approximate surface area is 210 Å². The number of pyridine rings is 1. The molecule has 0 bridgehead atoms. The Hall–Kier alpha value is -3.81. The first-order valence-electron chi connectivity index (χ1n) is 12.4. The van der Waals surface area contributed by atoms with Gasteiger partial charge < -0.3 is 23.9 Å². The van der Waals surface area contributed by atoms with Crippen LogP contribution in [0.1, 0.15) is 70.4 Å². The van der Waals surface area contributed by atoms with Gasteiger partial charge in [-0.05, 0) is 50.8 Å². The minimum Gasteiger partial charge on any atom is -0.496 e. The average Bonchev–Trinajstić information content (AvgIpc) is 3.32. The number of hydrogen-bond donors (Lipinski definition) is 1. The Morgan fingerprint density at radius 3 is 2.61 bits per heavy atom. The molecule has 0 aliphatic carbocycles. The number of methoxy groups -OCH3 is 1.